The highest BCUT2D eigenvalue weighted by Crippen LogP contribution is 2.21. The second-order valence-corrected chi connectivity index (χ2v) is 5.11. The number of piperidine rings is 1. The van der Waals surface area contributed by atoms with E-state index in [0.29, 0.717) is 25.4 Å². The smallest absolute Gasteiger partial charge is 0.356 e. The molecule has 1 saturated heterocycles. The Bertz CT molecular complexity index is 263. The second-order valence-electron chi connectivity index (χ2n) is 5.11. The molecule has 0 aliphatic carbocycles. The number of alkyl halides is 3. The van der Waals surface area contributed by atoms with Gasteiger partial charge in [-0.1, -0.05) is 6.42 Å². The molecule has 1 amide bonds. The summed E-state index contributed by atoms with van der Waals surface area (Å²) in [5.74, 6) is -0.0561. The van der Waals surface area contributed by atoms with Crippen LogP contribution in [-0.2, 0) is 4.79 Å². The summed E-state index contributed by atoms with van der Waals surface area (Å²) in [5.41, 5.74) is 0. The van der Waals surface area contributed by atoms with Crippen molar-refractivity contribution in [3.63, 3.8) is 0 Å². The van der Waals surface area contributed by atoms with Crippen LogP contribution in [0, 0.1) is 0 Å². The van der Waals surface area contributed by atoms with Crippen LogP contribution in [0.5, 0.6) is 0 Å². The lowest BCUT2D eigenvalue weighted by Gasteiger charge is -2.23. The molecule has 2 N–H and O–H groups in total. The van der Waals surface area contributed by atoms with E-state index in [1.807, 2.05) is 0 Å². The molecule has 0 aromatic carbocycles. The molecule has 1 atom stereocenters. The SMILES string of the molecule is O=C(CCC1CCCCN1)NCCCCC(F)(F)F. The summed E-state index contributed by atoms with van der Waals surface area (Å²) in [4.78, 5) is 11.5. The number of hydrogen-bond donors (Lipinski definition) is 2. The second kappa shape index (κ2) is 8.40. The number of hydrogen-bond acceptors (Lipinski definition) is 2. The third-order valence-electron chi connectivity index (χ3n) is 3.34. The van der Waals surface area contributed by atoms with Crippen molar-refractivity contribution in [1.29, 1.82) is 0 Å². The van der Waals surface area contributed by atoms with E-state index in [-0.39, 0.29) is 12.3 Å². The predicted octanol–water partition coefficient (Wildman–Crippen LogP) is 2.76. The van der Waals surface area contributed by atoms with Gasteiger partial charge in [0.05, 0.1) is 0 Å². The van der Waals surface area contributed by atoms with Crippen molar-refractivity contribution >= 4 is 5.91 Å². The molecule has 0 aromatic rings. The largest absolute Gasteiger partial charge is 0.389 e. The standard InChI is InChI=1S/C13H23F3N2O/c14-13(15,16)8-2-4-10-18-12(19)7-6-11-5-1-3-9-17-11/h11,17H,1-10H2,(H,18,19). The third-order valence-corrected chi connectivity index (χ3v) is 3.34. The zero-order valence-corrected chi connectivity index (χ0v) is 11.2. The van der Waals surface area contributed by atoms with E-state index in [9.17, 15) is 18.0 Å². The molecule has 1 fully saturated rings. The lowest BCUT2D eigenvalue weighted by atomic mass is 10.0. The highest BCUT2D eigenvalue weighted by atomic mass is 19.4. The van der Waals surface area contributed by atoms with Gasteiger partial charge in [0, 0.05) is 25.4 Å². The summed E-state index contributed by atoms with van der Waals surface area (Å²) < 4.78 is 35.6. The van der Waals surface area contributed by atoms with Gasteiger partial charge in [0.1, 0.15) is 0 Å². The van der Waals surface area contributed by atoms with Crippen LogP contribution in [-0.4, -0.2) is 31.2 Å². The van der Waals surface area contributed by atoms with Crippen molar-refractivity contribution in [3.05, 3.63) is 0 Å². The fraction of sp³-hybridized carbons (Fsp3) is 0.923. The van der Waals surface area contributed by atoms with Crippen LogP contribution in [0.15, 0.2) is 0 Å². The molecule has 1 rings (SSSR count). The summed E-state index contributed by atoms with van der Waals surface area (Å²) >= 11 is 0. The minimum atomic E-state index is -4.09. The van der Waals surface area contributed by atoms with Crippen LogP contribution in [0.3, 0.4) is 0 Å². The van der Waals surface area contributed by atoms with Crippen molar-refractivity contribution in [2.24, 2.45) is 0 Å². The Balaban J connectivity index is 1.95. The van der Waals surface area contributed by atoms with Crippen LogP contribution in [0.25, 0.3) is 0 Å². The maximum absolute atomic E-state index is 11.9. The topological polar surface area (TPSA) is 41.1 Å². The van der Waals surface area contributed by atoms with Gasteiger partial charge in [-0.2, -0.15) is 13.2 Å². The molecular formula is C13H23F3N2O. The number of carbonyl (C=O) groups is 1. The van der Waals surface area contributed by atoms with Gasteiger partial charge in [0.2, 0.25) is 5.91 Å². The van der Waals surface area contributed by atoms with Crippen LogP contribution in [0.1, 0.15) is 51.4 Å². The molecule has 3 nitrogen and oxygen atoms in total. The Morgan fingerprint density at radius 2 is 2.05 bits per heavy atom. The minimum absolute atomic E-state index is 0.0561. The summed E-state index contributed by atoms with van der Waals surface area (Å²) in [6, 6.07) is 0.421. The van der Waals surface area contributed by atoms with Gasteiger partial charge in [0.25, 0.3) is 0 Å². The average molecular weight is 280 g/mol. The highest BCUT2D eigenvalue weighted by molar-refractivity contribution is 5.75. The molecule has 1 aliphatic rings. The molecule has 112 valence electrons. The van der Waals surface area contributed by atoms with Gasteiger partial charge < -0.3 is 10.6 Å². The van der Waals surface area contributed by atoms with E-state index in [2.05, 4.69) is 10.6 Å². The Hall–Kier alpha value is -0.780. The van der Waals surface area contributed by atoms with Crippen LogP contribution in [0.2, 0.25) is 0 Å². The van der Waals surface area contributed by atoms with E-state index < -0.39 is 12.6 Å². The molecule has 0 radical (unpaired) electrons. The molecule has 6 heteroatoms. The number of unbranched alkanes of at least 4 members (excludes halogenated alkanes) is 1. The quantitative estimate of drug-likeness (QED) is 0.704. The van der Waals surface area contributed by atoms with E-state index in [1.165, 1.54) is 12.8 Å². The zero-order valence-electron chi connectivity index (χ0n) is 11.2. The molecule has 1 heterocycles. The number of carbonyl (C=O) groups excluding carboxylic acids is 1. The normalized spacial score (nSPS) is 20.3. The van der Waals surface area contributed by atoms with E-state index in [4.69, 9.17) is 0 Å². The van der Waals surface area contributed by atoms with Crippen molar-refractivity contribution in [3.8, 4) is 0 Å². The molecule has 1 unspecified atom stereocenters. The molecule has 19 heavy (non-hydrogen) atoms. The molecule has 0 aromatic heterocycles. The Morgan fingerprint density at radius 1 is 1.26 bits per heavy atom. The van der Waals surface area contributed by atoms with E-state index in [0.717, 1.165) is 19.4 Å². The Kier molecular flexibility index (Phi) is 7.20. The maximum Gasteiger partial charge on any atom is 0.389 e. The van der Waals surface area contributed by atoms with Crippen molar-refractivity contribution in [2.75, 3.05) is 13.1 Å². The first-order valence-corrected chi connectivity index (χ1v) is 7.04. The van der Waals surface area contributed by atoms with E-state index >= 15 is 0 Å². The monoisotopic (exact) mass is 280 g/mol. The fourth-order valence-corrected chi connectivity index (χ4v) is 2.24. The van der Waals surface area contributed by atoms with Gasteiger partial charge >= 0.3 is 6.18 Å². The number of nitrogens with one attached hydrogen (secondary N) is 2. The van der Waals surface area contributed by atoms with Gasteiger partial charge in [-0.05, 0) is 38.6 Å². The first kappa shape index (κ1) is 16.3. The van der Waals surface area contributed by atoms with Gasteiger partial charge in [-0.3, -0.25) is 4.79 Å². The van der Waals surface area contributed by atoms with E-state index in [1.54, 1.807) is 0 Å². The number of rotatable bonds is 7. The van der Waals surface area contributed by atoms with Crippen molar-refractivity contribution in [1.82, 2.24) is 10.6 Å². The third kappa shape index (κ3) is 8.86. The lowest BCUT2D eigenvalue weighted by molar-refractivity contribution is -0.135. The first-order chi connectivity index (χ1) is 8.97. The average Bonchev–Trinajstić information content (AvgIpc) is 2.36. The molecule has 0 spiro atoms. The van der Waals surface area contributed by atoms with Gasteiger partial charge in [-0.15, -0.1) is 0 Å². The number of amides is 1. The number of halogens is 3. The van der Waals surface area contributed by atoms with Crippen LogP contribution in [0.4, 0.5) is 13.2 Å². The van der Waals surface area contributed by atoms with Crippen molar-refractivity contribution in [2.45, 2.75) is 63.6 Å². The predicted molar refractivity (Wildman–Crippen MR) is 67.8 cm³/mol. The molecule has 0 bridgehead atoms. The zero-order chi connectivity index (χ0) is 14.1. The molecular weight excluding hydrogens is 257 g/mol. The summed E-state index contributed by atoms with van der Waals surface area (Å²) in [7, 11) is 0. The summed E-state index contributed by atoms with van der Waals surface area (Å²) in [6.45, 7) is 1.36. The maximum atomic E-state index is 11.9. The van der Waals surface area contributed by atoms with Crippen LogP contribution < -0.4 is 10.6 Å². The summed E-state index contributed by atoms with van der Waals surface area (Å²) in [6.07, 6.45) is 0.384. The van der Waals surface area contributed by atoms with Crippen LogP contribution >= 0.6 is 0 Å². The lowest BCUT2D eigenvalue weighted by Crippen LogP contribution is -2.35. The Morgan fingerprint density at radius 3 is 2.68 bits per heavy atom. The minimum Gasteiger partial charge on any atom is -0.356 e. The Labute approximate surface area is 112 Å². The van der Waals surface area contributed by atoms with Gasteiger partial charge in [0.15, 0.2) is 0 Å². The molecule has 0 saturated carbocycles. The van der Waals surface area contributed by atoms with Crippen molar-refractivity contribution < 1.29 is 18.0 Å². The fourth-order valence-electron chi connectivity index (χ4n) is 2.24. The highest BCUT2D eigenvalue weighted by Gasteiger charge is 2.25. The summed E-state index contributed by atoms with van der Waals surface area (Å²) in [5, 5.41) is 6.04. The first-order valence-electron chi connectivity index (χ1n) is 7.04. The molecule has 1 aliphatic heterocycles. The van der Waals surface area contributed by atoms with Gasteiger partial charge in [-0.25, -0.2) is 0 Å².